The third kappa shape index (κ3) is 3.70. The van der Waals surface area contributed by atoms with Gasteiger partial charge in [-0.3, -0.25) is 24.0 Å². The molecule has 0 aliphatic carbocycles. The Morgan fingerprint density at radius 3 is 2.77 bits per heavy atom. The van der Waals surface area contributed by atoms with Crippen LogP contribution in [0.15, 0.2) is 52.2 Å². The number of aromatic nitrogens is 3. The second kappa shape index (κ2) is 7.75. The van der Waals surface area contributed by atoms with Gasteiger partial charge in [-0.25, -0.2) is 15.3 Å². The summed E-state index contributed by atoms with van der Waals surface area (Å²) >= 11 is 0. The smallest absolute Gasteiger partial charge is 0.278 e. The van der Waals surface area contributed by atoms with Gasteiger partial charge < -0.3 is 0 Å². The molecule has 0 aliphatic heterocycles. The molecule has 3 aromatic rings. The third-order valence-corrected chi connectivity index (χ3v) is 3.79. The lowest BCUT2D eigenvalue weighted by molar-refractivity contribution is 0.0233. The average molecular weight is 354 g/mol. The predicted octanol–water partition coefficient (Wildman–Crippen LogP) is 1.36. The highest BCUT2D eigenvalue weighted by Gasteiger charge is 2.13. The van der Waals surface area contributed by atoms with Gasteiger partial charge in [0.1, 0.15) is 5.65 Å². The molecule has 0 bridgehead atoms. The summed E-state index contributed by atoms with van der Waals surface area (Å²) in [6.07, 6.45) is 2.02. The van der Waals surface area contributed by atoms with Gasteiger partial charge in [-0.05, 0) is 18.1 Å². The number of hydrogen-bond acceptors (Lipinski definition) is 5. The molecule has 0 spiro atoms. The molecule has 1 aromatic carbocycles. The summed E-state index contributed by atoms with van der Waals surface area (Å²) in [4.78, 5) is 47.7. The lowest BCUT2D eigenvalue weighted by atomic mass is 10.2. The normalized spacial score (nSPS) is 10.8. The van der Waals surface area contributed by atoms with Crippen LogP contribution in [0.2, 0.25) is 0 Å². The van der Waals surface area contributed by atoms with Crippen LogP contribution in [0.4, 0.5) is 0 Å². The Hall–Kier alpha value is -3.26. The fourth-order valence-corrected chi connectivity index (χ4v) is 2.54. The van der Waals surface area contributed by atoms with Gasteiger partial charge in [0, 0.05) is 12.7 Å². The van der Waals surface area contributed by atoms with Gasteiger partial charge in [0.05, 0.1) is 17.6 Å². The number of nitrogens with one attached hydrogen (secondary N) is 2. The van der Waals surface area contributed by atoms with Gasteiger partial charge in [0.15, 0.2) is 0 Å². The number of hydroxylamine groups is 1. The summed E-state index contributed by atoms with van der Waals surface area (Å²) in [5.41, 5.74) is 2.55. The Labute approximate surface area is 148 Å². The second-order valence-electron chi connectivity index (χ2n) is 5.71. The number of rotatable bonds is 6. The largest absolute Gasteiger partial charge is 0.329 e. The van der Waals surface area contributed by atoms with Crippen molar-refractivity contribution in [1.82, 2.24) is 20.0 Å². The van der Waals surface area contributed by atoms with E-state index in [1.807, 2.05) is 37.3 Å². The summed E-state index contributed by atoms with van der Waals surface area (Å²) in [6.45, 7) is 2.55. The topological polar surface area (TPSA) is 106 Å². The average Bonchev–Trinajstić information content (AvgIpc) is 2.65. The number of benzene rings is 1. The van der Waals surface area contributed by atoms with Gasteiger partial charge in [-0.1, -0.05) is 37.3 Å². The highest BCUT2D eigenvalue weighted by atomic mass is 16.6. The molecule has 0 radical (unpaired) electrons. The highest BCUT2D eigenvalue weighted by molar-refractivity contribution is 5.96. The van der Waals surface area contributed by atoms with E-state index in [0.29, 0.717) is 13.0 Å². The molecular formula is C18H18N4O4. The van der Waals surface area contributed by atoms with Crippen molar-refractivity contribution in [2.24, 2.45) is 0 Å². The second-order valence-corrected chi connectivity index (χ2v) is 5.71. The van der Waals surface area contributed by atoms with Crippen molar-refractivity contribution in [2.45, 2.75) is 26.5 Å². The lowest BCUT2D eigenvalue weighted by Gasteiger charge is -2.09. The Bertz CT molecular complexity index is 1040. The van der Waals surface area contributed by atoms with Crippen molar-refractivity contribution in [3.05, 3.63) is 74.6 Å². The summed E-state index contributed by atoms with van der Waals surface area (Å²) in [6, 6.07) is 10.8. The predicted molar refractivity (Wildman–Crippen MR) is 95.6 cm³/mol. The number of carbonyl (C=O) groups is 1. The number of hydrogen-bond donors (Lipinski definition) is 2. The zero-order chi connectivity index (χ0) is 18.5. The van der Waals surface area contributed by atoms with Gasteiger partial charge in [0.2, 0.25) is 0 Å². The van der Waals surface area contributed by atoms with Crippen LogP contribution >= 0.6 is 0 Å². The van der Waals surface area contributed by atoms with E-state index < -0.39 is 17.2 Å². The van der Waals surface area contributed by atoms with Gasteiger partial charge >= 0.3 is 5.69 Å². The molecule has 26 heavy (non-hydrogen) atoms. The number of fused-ring (bicyclic) bond motifs is 1. The summed E-state index contributed by atoms with van der Waals surface area (Å²) in [5.74, 6) is -0.525. The first kappa shape index (κ1) is 17.6. The molecule has 0 fully saturated rings. The van der Waals surface area contributed by atoms with Crippen LogP contribution in [-0.4, -0.2) is 20.4 Å². The Balaban J connectivity index is 1.81. The maximum atomic E-state index is 12.2. The molecule has 0 unspecified atom stereocenters. The number of aryl methyl sites for hydroxylation is 1. The molecule has 2 aromatic heterocycles. The van der Waals surface area contributed by atoms with Gasteiger partial charge in [-0.15, -0.1) is 0 Å². The fourth-order valence-electron chi connectivity index (χ4n) is 2.54. The quantitative estimate of drug-likeness (QED) is 0.650. The van der Waals surface area contributed by atoms with Crippen molar-refractivity contribution >= 4 is 16.9 Å². The molecule has 0 atom stereocenters. The van der Waals surface area contributed by atoms with Crippen LogP contribution in [0, 0.1) is 0 Å². The van der Waals surface area contributed by atoms with E-state index in [4.69, 9.17) is 4.84 Å². The summed E-state index contributed by atoms with van der Waals surface area (Å²) in [7, 11) is 0. The van der Waals surface area contributed by atoms with E-state index in [0.717, 1.165) is 5.56 Å². The molecule has 0 saturated heterocycles. The first-order valence-electron chi connectivity index (χ1n) is 8.19. The molecule has 0 aliphatic rings. The van der Waals surface area contributed by atoms with E-state index in [1.165, 1.54) is 16.8 Å². The molecule has 8 nitrogen and oxygen atoms in total. The molecule has 3 rings (SSSR count). The molecule has 2 heterocycles. The van der Waals surface area contributed by atoms with E-state index in [9.17, 15) is 14.4 Å². The maximum Gasteiger partial charge on any atom is 0.329 e. The number of nitrogens with zero attached hydrogens (tertiary/aromatic N) is 2. The van der Waals surface area contributed by atoms with E-state index in [-0.39, 0.29) is 23.2 Å². The SMILES string of the molecule is CCCn1c(=O)[nH]c(=O)c2cc(C(=O)NOCc3ccccc3)cnc21. The monoisotopic (exact) mass is 354 g/mol. The van der Waals surface area contributed by atoms with Crippen LogP contribution in [-0.2, 0) is 18.0 Å². The lowest BCUT2D eigenvalue weighted by Crippen LogP contribution is -2.31. The maximum absolute atomic E-state index is 12.2. The minimum absolute atomic E-state index is 0.165. The van der Waals surface area contributed by atoms with E-state index >= 15 is 0 Å². The minimum atomic E-state index is -0.579. The van der Waals surface area contributed by atoms with Crippen LogP contribution in [0.3, 0.4) is 0 Å². The van der Waals surface area contributed by atoms with Crippen molar-refractivity contribution < 1.29 is 9.63 Å². The molecule has 8 heteroatoms. The molecular weight excluding hydrogens is 336 g/mol. The van der Waals surface area contributed by atoms with E-state index in [1.54, 1.807) is 0 Å². The van der Waals surface area contributed by atoms with Crippen LogP contribution < -0.4 is 16.7 Å². The Morgan fingerprint density at radius 2 is 2.04 bits per heavy atom. The zero-order valence-electron chi connectivity index (χ0n) is 14.2. The van der Waals surface area contributed by atoms with Crippen molar-refractivity contribution in [2.75, 3.05) is 0 Å². The number of H-pyrrole nitrogens is 1. The molecule has 134 valence electrons. The van der Waals surface area contributed by atoms with Crippen molar-refractivity contribution in [1.29, 1.82) is 0 Å². The first-order chi connectivity index (χ1) is 12.6. The molecule has 2 N–H and O–H groups in total. The first-order valence-corrected chi connectivity index (χ1v) is 8.19. The van der Waals surface area contributed by atoms with Crippen LogP contribution in [0.5, 0.6) is 0 Å². The number of pyridine rings is 1. The minimum Gasteiger partial charge on any atom is -0.278 e. The van der Waals surface area contributed by atoms with Crippen LogP contribution in [0.1, 0.15) is 29.3 Å². The molecule has 0 saturated carbocycles. The van der Waals surface area contributed by atoms with Crippen molar-refractivity contribution in [3.63, 3.8) is 0 Å². The zero-order valence-corrected chi connectivity index (χ0v) is 14.2. The number of carbonyl (C=O) groups excluding carboxylic acids is 1. The van der Waals surface area contributed by atoms with Gasteiger partial charge in [0.25, 0.3) is 11.5 Å². The summed E-state index contributed by atoms with van der Waals surface area (Å²) < 4.78 is 1.38. The Kier molecular flexibility index (Phi) is 5.23. The third-order valence-electron chi connectivity index (χ3n) is 3.79. The number of amides is 1. The van der Waals surface area contributed by atoms with Crippen molar-refractivity contribution in [3.8, 4) is 0 Å². The van der Waals surface area contributed by atoms with Gasteiger partial charge in [-0.2, -0.15) is 0 Å². The number of aromatic amines is 1. The van der Waals surface area contributed by atoms with E-state index in [2.05, 4.69) is 15.4 Å². The Morgan fingerprint density at radius 1 is 1.27 bits per heavy atom. The van der Waals surface area contributed by atoms with Crippen LogP contribution in [0.25, 0.3) is 11.0 Å². The molecule has 1 amide bonds. The summed E-state index contributed by atoms with van der Waals surface area (Å²) in [5, 5.41) is 0.175. The fraction of sp³-hybridized carbons (Fsp3) is 0.222. The standard InChI is InChI=1S/C18H18N4O4/c1-2-8-22-15-14(17(24)20-18(22)25)9-13(10-19-15)16(23)21-26-11-12-6-4-3-5-7-12/h3-7,9-10H,2,8,11H2,1H3,(H,21,23)(H,20,24,25). The highest BCUT2D eigenvalue weighted by Crippen LogP contribution is 2.08.